The molecule has 1 N–H and O–H groups in total. The van der Waals surface area contributed by atoms with Crippen molar-refractivity contribution in [1.82, 2.24) is 14.9 Å². The van der Waals surface area contributed by atoms with Gasteiger partial charge in [-0.1, -0.05) is 36.7 Å². The van der Waals surface area contributed by atoms with E-state index in [1.165, 1.54) is 42.7 Å². The van der Waals surface area contributed by atoms with Crippen molar-refractivity contribution < 1.29 is 19.2 Å². The minimum absolute atomic E-state index is 0.00127. The van der Waals surface area contributed by atoms with Crippen molar-refractivity contribution in [3.63, 3.8) is 0 Å². The van der Waals surface area contributed by atoms with Gasteiger partial charge in [0.25, 0.3) is 17.2 Å². The Hall–Kier alpha value is -4.38. The number of methoxy groups -OCH3 is 2. The predicted molar refractivity (Wildman–Crippen MR) is 153 cm³/mol. The number of carbonyl (C=O) groups is 1. The van der Waals surface area contributed by atoms with Gasteiger partial charge in [0.1, 0.15) is 11.5 Å². The molecule has 1 aliphatic carbocycles. The van der Waals surface area contributed by atoms with Crippen LogP contribution in [0.2, 0.25) is 0 Å². The maximum Gasteiger partial charge on any atom is 0.269 e. The summed E-state index contributed by atoms with van der Waals surface area (Å²) in [6.07, 6.45) is 4.15. The molecule has 0 saturated heterocycles. The lowest BCUT2D eigenvalue weighted by atomic mass is 10.1. The second-order valence-corrected chi connectivity index (χ2v) is 10.4. The largest absolute Gasteiger partial charge is 0.497 e. The van der Waals surface area contributed by atoms with Crippen LogP contribution in [-0.2, 0) is 5.75 Å². The number of benzene rings is 3. The average molecular weight is 561 g/mol. The van der Waals surface area contributed by atoms with Gasteiger partial charge in [-0.15, -0.1) is 0 Å². The molecule has 10 nitrogen and oxygen atoms in total. The topological polar surface area (TPSA) is 126 Å². The number of hydrogen-bond donors (Lipinski definition) is 1. The monoisotopic (exact) mass is 560 g/mol. The van der Waals surface area contributed by atoms with Gasteiger partial charge in [0.15, 0.2) is 5.16 Å². The summed E-state index contributed by atoms with van der Waals surface area (Å²) in [5.41, 5.74) is 1.87. The van der Waals surface area contributed by atoms with E-state index in [0.29, 0.717) is 44.6 Å². The zero-order valence-corrected chi connectivity index (χ0v) is 22.9. The fourth-order valence-electron chi connectivity index (χ4n) is 4.75. The van der Waals surface area contributed by atoms with Crippen LogP contribution in [0.5, 0.6) is 11.5 Å². The van der Waals surface area contributed by atoms with Crippen molar-refractivity contribution in [3.8, 4) is 17.2 Å². The maximum absolute atomic E-state index is 13.9. The molecule has 4 aromatic rings. The molecule has 40 heavy (non-hydrogen) atoms. The molecule has 0 unspecified atom stereocenters. The third-order valence-electron chi connectivity index (χ3n) is 6.90. The van der Waals surface area contributed by atoms with Gasteiger partial charge in [-0.25, -0.2) is 4.98 Å². The Morgan fingerprint density at radius 3 is 2.35 bits per heavy atom. The first-order valence-corrected chi connectivity index (χ1v) is 13.8. The molecule has 11 heteroatoms. The van der Waals surface area contributed by atoms with Crippen LogP contribution in [0.1, 0.15) is 41.6 Å². The first kappa shape index (κ1) is 27.2. The number of nitrogens with zero attached hydrogens (tertiary/aromatic N) is 3. The minimum atomic E-state index is -0.448. The Morgan fingerprint density at radius 1 is 1.05 bits per heavy atom. The molecule has 1 fully saturated rings. The average Bonchev–Trinajstić information content (AvgIpc) is 3.48. The van der Waals surface area contributed by atoms with Gasteiger partial charge in [-0.2, -0.15) is 0 Å². The Morgan fingerprint density at radius 2 is 1.73 bits per heavy atom. The second kappa shape index (κ2) is 11.8. The molecule has 1 heterocycles. The Labute approximate surface area is 234 Å². The van der Waals surface area contributed by atoms with Crippen LogP contribution in [-0.4, -0.2) is 40.6 Å². The molecule has 1 aliphatic rings. The van der Waals surface area contributed by atoms with E-state index in [0.717, 1.165) is 31.2 Å². The van der Waals surface area contributed by atoms with Crippen LogP contribution in [0.3, 0.4) is 0 Å². The van der Waals surface area contributed by atoms with Gasteiger partial charge >= 0.3 is 0 Å². The van der Waals surface area contributed by atoms with Gasteiger partial charge < -0.3 is 14.8 Å². The molecule has 0 bridgehead atoms. The smallest absolute Gasteiger partial charge is 0.269 e. The van der Waals surface area contributed by atoms with E-state index in [1.807, 2.05) is 0 Å². The number of rotatable bonds is 9. The predicted octanol–water partition coefficient (Wildman–Crippen LogP) is 5.28. The lowest BCUT2D eigenvalue weighted by molar-refractivity contribution is -0.384. The standard InChI is InChI=1S/C29H28N4O6S/c1-38-23-14-22(15-24(16-23)39-2)32-28(35)25-12-9-19(27(34)30-20-5-3-4-6-20)13-26(25)31-29(32)40-17-18-7-10-21(11-8-18)33(36)37/h7-16,20H,3-6,17H2,1-2H3,(H,30,34). The summed E-state index contributed by atoms with van der Waals surface area (Å²) < 4.78 is 12.3. The Balaban J connectivity index is 1.57. The number of fused-ring (bicyclic) bond motifs is 1. The molecule has 0 atom stereocenters. The van der Waals surface area contributed by atoms with E-state index in [1.54, 1.807) is 48.5 Å². The second-order valence-electron chi connectivity index (χ2n) is 9.50. The van der Waals surface area contributed by atoms with Gasteiger partial charge in [0.2, 0.25) is 0 Å². The molecule has 3 aromatic carbocycles. The number of carbonyl (C=O) groups excluding carboxylic acids is 1. The lowest BCUT2D eigenvalue weighted by Gasteiger charge is -2.16. The van der Waals surface area contributed by atoms with Gasteiger partial charge in [0, 0.05) is 47.7 Å². The van der Waals surface area contributed by atoms with Crippen molar-refractivity contribution in [3.05, 3.63) is 92.3 Å². The summed E-state index contributed by atoms with van der Waals surface area (Å²) >= 11 is 1.31. The Kier molecular flexibility index (Phi) is 8.01. The highest BCUT2D eigenvalue weighted by atomic mass is 32.2. The van der Waals surface area contributed by atoms with Gasteiger partial charge in [-0.3, -0.25) is 24.3 Å². The van der Waals surface area contributed by atoms with Crippen LogP contribution >= 0.6 is 11.8 Å². The summed E-state index contributed by atoms with van der Waals surface area (Å²) in [5, 5.41) is 14.9. The number of thioether (sulfide) groups is 1. The highest BCUT2D eigenvalue weighted by Gasteiger charge is 2.20. The summed E-state index contributed by atoms with van der Waals surface area (Å²) in [4.78, 5) is 42.2. The van der Waals surface area contributed by atoms with Crippen LogP contribution in [0.25, 0.3) is 16.6 Å². The summed E-state index contributed by atoms with van der Waals surface area (Å²) in [6, 6.07) is 16.5. The summed E-state index contributed by atoms with van der Waals surface area (Å²) in [7, 11) is 3.06. The highest BCUT2D eigenvalue weighted by Crippen LogP contribution is 2.30. The lowest BCUT2D eigenvalue weighted by Crippen LogP contribution is -2.32. The van der Waals surface area contributed by atoms with E-state index < -0.39 is 4.92 Å². The molecule has 1 saturated carbocycles. The molecule has 1 amide bonds. The van der Waals surface area contributed by atoms with Crippen LogP contribution < -0.4 is 20.3 Å². The zero-order chi connectivity index (χ0) is 28.2. The van der Waals surface area contributed by atoms with Crippen molar-refractivity contribution in [2.24, 2.45) is 0 Å². The molecule has 0 aliphatic heterocycles. The molecule has 1 aromatic heterocycles. The molecule has 5 rings (SSSR count). The van der Waals surface area contributed by atoms with Crippen molar-refractivity contribution in [2.75, 3.05) is 14.2 Å². The van der Waals surface area contributed by atoms with Crippen molar-refractivity contribution >= 4 is 34.3 Å². The summed E-state index contributed by atoms with van der Waals surface area (Å²) in [5.74, 6) is 1.23. The van der Waals surface area contributed by atoms with Crippen LogP contribution in [0.4, 0.5) is 5.69 Å². The first-order valence-electron chi connectivity index (χ1n) is 12.8. The fraction of sp³-hybridized carbons (Fsp3) is 0.276. The number of amides is 1. The number of nitro benzene ring substituents is 1. The normalized spacial score (nSPS) is 13.3. The maximum atomic E-state index is 13.9. The van der Waals surface area contributed by atoms with Crippen molar-refractivity contribution in [2.45, 2.75) is 42.6 Å². The van der Waals surface area contributed by atoms with Crippen LogP contribution in [0, 0.1) is 10.1 Å². The molecule has 206 valence electrons. The number of nitro groups is 1. The van der Waals surface area contributed by atoms with E-state index in [2.05, 4.69) is 5.32 Å². The zero-order valence-electron chi connectivity index (χ0n) is 22.1. The summed E-state index contributed by atoms with van der Waals surface area (Å²) in [6.45, 7) is 0. The number of aromatic nitrogens is 2. The first-order chi connectivity index (χ1) is 19.4. The van der Waals surface area contributed by atoms with Gasteiger partial charge in [0.05, 0.1) is 35.7 Å². The van der Waals surface area contributed by atoms with E-state index in [9.17, 15) is 19.7 Å². The van der Waals surface area contributed by atoms with Crippen LogP contribution in [0.15, 0.2) is 70.6 Å². The van der Waals surface area contributed by atoms with E-state index >= 15 is 0 Å². The minimum Gasteiger partial charge on any atom is -0.497 e. The molecular formula is C29H28N4O6S. The van der Waals surface area contributed by atoms with E-state index in [4.69, 9.17) is 14.5 Å². The SMILES string of the molecule is COc1cc(OC)cc(-n2c(SCc3ccc([N+](=O)[O-])cc3)nc3cc(C(=O)NC4CCCC4)ccc3c2=O)c1. The number of non-ortho nitro benzene ring substituents is 1. The quantitative estimate of drug-likeness (QED) is 0.127. The fourth-order valence-corrected chi connectivity index (χ4v) is 5.72. The highest BCUT2D eigenvalue weighted by molar-refractivity contribution is 7.98. The molecule has 0 radical (unpaired) electrons. The third kappa shape index (κ3) is 5.79. The number of nitrogens with one attached hydrogen (secondary N) is 1. The number of hydrogen-bond acceptors (Lipinski definition) is 8. The van der Waals surface area contributed by atoms with Crippen molar-refractivity contribution in [1.29, 1.82) is 0 Å². The number of ether oxygens (including phenoxy) is 2. The molecule has 0 spiro atoms. The van der Waals surface area contributed by atoms with Gasteiger partial charge in [-0.05, 0) is 36.6 Å². The third-order valence-corrected chi connectivity index (χ3v) is 7.91. The van der Waals surface area contributed by atoms with E-state index in [-0.39, 0.29) is 23.2 Å². The molecular weight excluding hydrogens is 532 g/mol. The Bertz CT molecular complexity index is 1610.